The van der Waals surface area contributed by atoms with Gasteiger partial charge in [0.05, 0.1) is 13.4 Å². The number of methoxy groups -OCH3 is 1. The van der Waals surface area contributed by atoms with Crippen molar-refractivity contribution in [2.45, 2.75) is 12.6 Å². The summed E-state index contributed by atoms with van der Waals surface area (Å²) in [7, 11) is -1.85. The molecule has 0 spiro atoms. The Labute approximate surface area is 167 Å². The van der Waals surface area contributed by atoms with Crippen LogP contribution < -0.4 is 4.74 Å². The summed E-state index contributed by atoms with van der Waals surface area (Å²) in [5, 5.41) is 19.7. The lowest BCUT2D eigenvalue weighted by atomic mass is 10.0. The summed E-state index contributed by atoms with van der Waals surface area (Å²) in [4.78, 5) is 25.1. The van der Waals surface area contributed by atoms with Crippen LogP contribution in [-0.2, 0) is 26.2 Å². The van der Waals surface area contributed by atoms with E-state index in [1.54, 1.807) is 29.3 Å². The number of carbonyl (C=O) groups is 2. The van der Waals surface area contributed by atoms with Gasteiger partial charge in [0.1, 0.15) is 18.3 Å². The first kappa shape index (κ1) is 21.1. The minimum absolute atomic E-state index is 0.194. The van der Waals surface area contributed by atoms with Gasteiger partial charge >= 0.3 is 11.9 Å². The molecule has 0 bridgehead atoms. The van der Waals surface area contributed by atoms with E-state index in [0.29, 0.717) is 22.2 Å². The Kier molecular flexibility index (Phi) is 5.82. The van der Waals surface area contributed by atoms with Crippen molar-refractivity contribution in [3.8, 4) is 5.75 Å². The molecule has 2 aromatic rings. The molecule has 1 aromatic heterocycles. The van der Waals surface area contributed by atoms with Crippen molar-refractivity contribution in [1.82, 2.24) is 13.8 Å². The fourth-order valence-corrected chi connectivity index (χ4v) is 4.53. The van der Waals surface area contributed by atoms with E-state index in [0.717, 1.165) is 6.26 Å². The van der Waals surface area contributed by atoms with Crippen LogP contribution in [-0.4, -0.2) is 83.9 Å². The molecule has 0 radical (unpaired) electrons. The number of sulfonamides is 1. The van der Waals surface area contributed by atoms with Crippen LogP contribution in [0.5, 0.6) is 5.75 Å². The maximum Gasteiger partial charge on any atom is 0.325 e. The lowest BCUT2D eigenvalue weighted by Crippen LogP contribution is -2.50. The molecule has 29 heavy (non-hydrogen) atoms. The van der Waals surface area contributed by atoms with Crippen LogP contribution in [0.25, 0.3) is 10.9 Å². The van der Waals surface area contributed by atoms with Gasteiger partial charge in [0.15, 0.2) is 0 Å². The number of benzene rings is 1. The van der Waals surface area contributed by atoms with Crippen molar-refractivity contribution in [1.29, 1.82) is 0 Å². The highest BCUT2D eigenvalue weighted by Gasteiger charge is 2.34. The third kappa shape index (κ3) is 4.36. The Hall–Kier alpha value is -2.63. The second-order valence-corrected chi connectivity index (χ2v) is 8.91. The van der Waals surface area contributed by atoms with Gasteiger partial charge in [-0.15, -0.1) is 0 Å². The van der Waals surface area contributed by atoms with E-state index < -0.39 is 28.0 Å². The molecule has 11 heteroatoms. The van der Waals surface area contributed by atoms with E-state index in [1.165, 1.54) is 16.0 Å². The molecule has 1 atom stereocenters. The van der Waals surface area contributed by atoms with E-state index in [1.807, 2.05) is 0 Å². The Morgan fingerprint density at radius 1 is 1.17 bits per heavy atom. The molecule has 1 unspecified atom stereocenters. The summed E-state index contributed by atoms with van der Waals surface area (Å²) in [6.07, 6.45) is 2.67. The molecule has 0 amide bonds. The second kappa shape index (κ2) is 8.01. The number of ether oxygens (including phenoxy) is 1. The molecule has 2 heterocycles. The molecule has 0 saturated carbocycles. The van der Waals surface area contributed by atoms with Gasteiger partial charge in [-0.2, -0.15) is 4.31 Å². The van der Waals surface area contributed by atoms with E-state index in [-0.39, 0.29) is 32.7 Å². The molecule has 1 fully saturated rings. The zero-order valence-electron chi connectivity index (χ0n) is 16.1. The van der Waals surface area contributed by atoms with E-state index in [9.17, 15) is 28.2 Å². The highest BCUT2D eigenvalue weighted by atomic mass is 32.2. The second-order valence-electron chi connectivity index (χ2n) is 6.93. The molecule has 1 saturated heterocycles. The molecule has 0 aliphatic carbocycles. The summed E-state index contributed by atoms with van der Waals surface area (Å²) < 4.78 is 31.5. The lowest BCUT2D eigenvalue weighted by Gasteiger charge is -2.36. The predicted molar refractivity (Wildman–Crippen MR) is 104 cm³/mol. The number of rotatable bonds is 7. The minimum Gasteiger partial charge on any atom is -0.497 e. The number of hydrogen-bond donors (Lipinski definition) is 2. The van der Waals surface area contributed by atoms with Crippen LogP contribution in [0.3, 0.4) is 0 Å². The standard InChI is InChI=1S/C18H23N3O7S/c1-28-12-3-4-15-13(9-12)14(10-20(15)11-16(22)23)17(18(24)25)19-5-7-21(8-6-19)29(2,26)27/h3-4,9-10,17H,5-8,11H2,1-2H3,(H,22,23)(H,24,25). The third-order valence-electron chi connectivity index (χ3n) is 5.06. The monoisotopic (exact) mass is 425 g/mol. The average molecular weight is 425 g/mol. The summed E-state index contributed by atoms with van der Waals surface area (Å²) in [6.45, 7) is 0.579. The molecule has 2 N–H and O–H groups in total. The maximum absolute atomic E-state index is 12.2. The SMILES string of the molecule is COc1ccc2c(c1)c(C(C(=O)O)N1CCN(S(C)(=O)=O)CC1)cn2CC(=O)O. The first-order valence-corrected chi connectivity index (χ1v) is 10.8. The number of carboxylic acids is 2. The quantitative estimate of drug-likeness (QED) is 0.654. The van der Waals surface area contributed by atoms with E-state index >= 15 is 0 Å². The third-order valence-corrected chi connectivity index (χ3v) is 6.36. The number of aliphatic carboxylic acids is 2. The predicted octanol–water partition coefficient (Wildman–Crippen LogP) is 0.437. The Morgan fingerprint density at radius 3 is 2.34 bits per heavy atom. The first-order valence-electron chi connectivity index (χ1n) is 8.92. The fourth-order valence-electron chi connectivity index (χ4n) is 3.70. The molecule has 1 aliphatic heterocycles. The molecular formula is C18H23N3O7S. The van der Waals surface area contributed by atoms with Crippen LogP contribution in [0.2, 0.25) is 0 Å². The van der Waals surface area contributed by atoms with Crippen molar-refractivity contribution in [3.63, 3.8) is 0 Å². The molecule has 1 aliphatic rings. The topological polar surface area (TPSA) is 129 Å². The van der Waals surface area contributed by atoms with Crippen LogP contribution in [0, 0.1) is 0 Å². The lowest BCUT2D eigenvalue weighted by molar-refractivity contribution is -0.144. The molecule has 1 aromatic carbocycles. The number of nitrogens with zero attached hydrogens (tertiary/aromatic N) is 3. The van der Waals surface area contributed by atoms with Gasteiger partial charge in [-0.25, -0.2) is 8.42 Å². The Balaban J connectivity index is 2.03. The smallest absolute Gasteiger partial charge is 0.325 e. The summed E-state index contributed by atoms with van der Waals surface area (Å²) >= 11 is 0. The highest BCUT2D eigenvalue weighted by Crippen LogP contribution is 2.33. The minimum atomic E-state index is -3.34. The Bertz CT molecular complexity index is 1040. The van der Waals surface area contributed by atoms with Crippen LogP contribution >= 0.6 is 0 Å². The molecule has 10 nitrogen and oxygen atoms in total. The van der Waals surface area contributed by atoms with Gasteiger partial charge in [-0.05, 0) is 18.2 Å². The largest absolute Gasteiger partial charge is 0.497 e. The number of aromatic nitrogens is 1. The molecular weight excluding hydrogens is 402 g/mol. The average Bonchev–Trinajstić information content (AvgIpc) is 2.98. The zero-order chi connectivity index (χ0) is 21.3. The molecule has 158 valence electrons. The summed E-state index contributed by atoms with van der Waals surface area (Å²) in [5.41, 5.74) is 1.03. The van der Waals surface area contributed by atoms with Crippen LogP contribution in [0.4, 0.5) is 0 Å². The maximum atomic E-state index is 12.2. The van der Waals surface area contributed by atoms with Gasteiger partial charge in [-0.3, -0.25) is 14.5 Å². The summed E-state index contributed by atoms with van der Waals surface area (Å²) in [5.74, 6) is -1.61. The van der Waals surface area contributed by atoms with Gasteiger partial charge in [0.25, 0.3) is 0 Å². The Morgan fingerprint density at radius 2 is 1.83 bits per heavy atom. The van der Waals surface area contributed by atoms with Crippen LogP contribution in [0.15, 0.2) is 24.4 Å². The molecule has 3 rings (SSSR count). The van der Waals surface area contributed by atoms with Gasteiger partial charge in [-0.1, -0.05) is 0 Å². The van der Waals surface area contributed by atoms with E-state index in [2.05, 4.69) is 0 Å². The number of piperazine rings is 1. The number of fused-ring (bicyclic) bond motifs is 1. The normalized spacial score (nSPS) is 17.3. The summed E-state index contributed by atoms with van der Waals surface area (Å²) in [6, 6.07) is 4.03. The first-order chi connectivity index (χ1) is 13.6. The zero-order valence-corrected chi connectivity index (χ0v) is 16.9. The number of hydrogen-bond acceptors (Lipinski definition) is 6. The van der Waals surface area contributed by atoms with Crippen LogP contribution in [0.1, 0.15) is 11.6 Å². The van der Waals surface area contributed by atoms with Crippen molar-refractivity contribution >= 4 is 32.9 Å². The van der Waals surface area contributed by atoms with Gasteiger partial charge in [0.2, 0.25) is 10.0 Å². The van der Waals surface area contributed by atoms with Crippen molar-refractivity contribution in [2.24, 2.45) is 0 Å². The number of carboxylic acid groups (broad SMARTS) is 2. The van der Waals surface area contributed by atoms with Gasteiger partial charge < -0.3 is 19.5 Å². The van der Waals surface area contributed by atoms with Crippen molar-refractivity contribution < 1.29 is 33.0 Å². The highest BCUT2D eigenvalue weighted by molar-refractivity contribution is 7.88. The fraction of sp³-hybridized carbons (Fsp3) is 0.444. The van der Waals surface area contributed by atoms with Crippen molar-refractivity contribution in [2.75, 3.05) is 39.5 Å². The van der Waals surface area contributed by atoms with Crippen molar-refractivity contribution in [3.05, 3.63) is 30.0 Å². The van der Waals surface area contributed by atoms with Gasteiger partial charge in [0, 0.05) is 48.8 Å². The van der Waals surface area contributed by atoms with E-state index in [4.69, 9.17) is 4.74 Å².